The Bertz CT molecular complexity index is 2120. The number of nitrogens with zero attached hydrogens (tertiary/aromatic N) is 3. The van der Waals surface area contributed by atoms with E-state index in [4.69, 9.17) is 4.98 Å². The molecule has 44 heavy (non-hydrogen) atoms. The zero-order valence-electron chi connectivity index (χ0n) is 23.9. The van der Waals surface area contributed by atoms with Crippen LogP contribution in [0.2, 0.25) is 0 Å². The van der Waals surface area contributed by atoms with Gasteiger partial charge in [-0.15, -0.1) is 0 Å². The van der Waals surface area contributed by atoms with Crippen molar-refractivity contribution in [2.24, 2.45) is 0 Å². The van der Waals surface area contributed by atoms with Crippen LogP contribution in [0.5, 0.6) is 0 Å². The lowest BCUT2D eigenvalue weighted by Crippen LogP contribution is -1.92. The number of benzene rings is 5. The van der Waals surface area contributed by atoms with Gasteiger partial charge in [0.15, 0.2) is 0 Å². The third-order valence-corrected chi connectivity index (χ3v) is 8.11. The molecule has 0 saturated heterocycles. The van der Waals surface area contributed by atoms with Crippen molar-refractivity contribution < 1.29 is 0 Å². The molecule has 8 rings (SSSR count). The number of aromatic nitrogens is 3. The monoisotopic (exact) mass is 561 g/mol. The molecule has 0 bridgehead atoms. The van der Waals surface area contributed by atoms with Crippen molar-refractivity contribution in [2.45, 2.75) is 0 Å². The van der Waals surface area contributed by atoms with Gasteiger partial charge in [-0.1, -0.05) is 97.1 Å². The molecule has 3 heteroatoms. The molecule has 0 atom stereocenters. The molecular weight excluding hydrogens is 534 g/mol. The van der Waals surface area contributed by atoms with Gasteiger partial charge in [0, 0.05) is 34.3 Å². The predicted octanol–water partition coefficient (Wildman–Crippen LogP) is 10.5. The lowest BCUT2D eigenvalue weighted by Gasteiger charge is -2.14. The second-order valence-corrected chi connectivity index (χ2v) is 11.0. The first kappa shape index (κ1) is 25.8. The molecule has 8 aromatic rings. The first-order valence-corrected chi connectivity index (χ1v) is 14.8. The maximum Gasteiger partial charge on any atom is 0.0715 e. The SMILES string of the molecule is c1ccc(-c2cc(-c3cc(-c4ccc5cccnc5c4)cc(-c4ccc5cccnc5c4)c3)cc(-c3ccccc3)n2)cc1. The molecule has 3 nitrogen and oxygen atoms in total. The highest BCUT2D eigenvalue weighted by Gasteiger charge is 2.13. The smallest absolute Gasteiger partial charge is 0.0715 e. The van der Waals surface area contributed by atoms with Gasteiger partial charge in [-0.2, -0.15) is 0 Å². The number of pyridine rings is 3. The summed E-state index contributed by atoms with van der Waals surface area (Å²) in [7, 11) is 0. The highest BCUT2D eigenvalue weighted by atomic mass is 14.7. The van der Waals surface area contributed by atoms with Crippen LogP contribution in [0.15, 0.2) is 164 Å². The van der Waals surface area contributed by atoms with Gasteiger partial charge >= 0.3 is 0 Å². The summed E-state index contributed by atoms with van der Waals surface area (Å²) < 4.78 is 0. The summed E-state index contributed by atoms with van der Waals surface area (Å²) in [5, 5.41) is 2.25. The second kappa shape index (κ2) is 11.0. The Morgan fingerprint density at radius 1 is 0.295 bits per heavy atom. The first-order chi connectivity index (χ1) is 21.8. The van der Waals surface area contributed by atoms with Gasteiger partial charge < -0.3 is 0 Å². The van der Waals surface area contributed by atoms with E-state index in [1.54, 1.807) is 0 Å². The fraction of sp³-hybridized carbons (Fsp3) is 0. The van der Waals surface area contributed by atoms with Crippen LogP contribution in [-0.2, 0) is 0 Å². The standard InChI is InChI=1S/C41H27N3/c1-3-9-28(10-4-1)40-26-37(27-41(44-40)29-11-5-2-6-12-29)36-22-34(32-17-15-30-13-7-19-42-38(30)24-32)21-35(23-36)33-18-16-31-14-8-20-43-39(31)25-33/h1-27H. The molecule has 0 fully saturated rings. The molecule has 0 radical (unpaired) electrons. The van der Waals surface area contributed by atoms with Crippen molar-refractivity contribution in [1.82, 2.24) is 15.0 Å². The van der Waals surface area contributed by atoms with Gasteiger partial charge in [0.05, 0.1) is 22.4 Å². The van der Waals surface area contributed by atoms with Gasteiger partial charge in [-0.05, 0) is 88.0 Å². The molecule has 0 saturated carbocycles. The summed E-state index contributed by atoms with van der Waals surface area (Å²) in [6, 6.07) is 53.2. The quantitative estimate of drug-likeness (QED) is 0.210. The average molecular weight is 562 g/mol. The Labute approximate surface area is 256 Å². The molecule has 3 aromatic heterocycles. The Hall–Kier alpha value is -5.93. The van der Waals surface area contributed by atoms with E-state index in [1.807, 2.05) is 36.7 Å². The average Bonchev–Trinajstić information content (AvgIpc) is 3.11. The molecule has 0 aliphatic heterocycles. The molecule has 0 aliphatic carbocycles. The molecule has 0 aliphatic rings. The molecule has 206 valence electrons. The van der Waals surface area contributed by atoms with E-state index in [0.29, 0.717) is 0 Å². The van der Waals surface area contributed by atoms with Crippen LogP contribution in [0.4, 0.5) is 0 Å². The molecule has 0 amide bonds. The number of hydrogen-bond donors (Lipinski definition) is 0. The van der Waals surface area contributed by atoms with Crippen LogP contribution in [-0.4, -0.2) is 15.0 Å². The minimum atomic E-state index is 0.943. The van der Waals surface area contributed by atoms with Crippen LogP contribution >= 0.6 is 0 Å². The van der Waals surface area contributed by atoms with E-state index in [0.717, 1.165) is 77.7 Å². The van der Waals surface area contributed by atoms with Crippen molar-refractivity contribution in [3.63, 3.8) is 0 Å². The summed E-state index contributed by atoms with van der Waals surface area (Å²) in [4.78, 5) is 14.4. The van der Waals surface area contributed by atoms with E-state index >= 15 is 0 Å². The summed E-state index contributed by atoms with van der Waals surface area (Å²) >= 11 is 0. The predicted molar refractivity (Wildman–Crippen MR) is 182 cm³/mol. The maximum absolute atomic E-state index is 5.11. The fourth-order valence-electron chi connectivity index (χ4n) is 5.83. The Kier molecular flexibility index (Phi) is 6.47. The minimum Gasteiger partial charge on any atom is -0.256 e. The normalized spacial score (nSPS) is 11.2. The highest BCUT2D eigenvalue weighted by molar-refractivity contribution is 5.90. The van der Waals surface area contributed by atoms with Gasteiger partial charge in [0.25, 0.3) is 0 Å². The molecule has 5 aromatic carbocycles. The van der Waals surface area contributed by atoms with Crippen molar-refractivity contribution in [3.05, 3.63) is 164 Å². The van der Waals surface area contributed by atoms with E-state index in [9.17, 15) is 0 Å². The van der Waals surface area contributed by atoms with Gasteiger partial charge in [-0.3, -0.25) is 9.97 Å². The van der Waals surface area contributed by atoms with E-state index < -0.39 is 0 Å². The lowest BCUT2D eigenvalue weighted by molar-refractivity contribution is 1.32. The Morgan fingerprint density at radius 3 is 1.20 bits per heavy atom. The van der Waals surface area contributed by atoms with Gasteiger partial charge in [0.2, 0.25) is 0 Å². The summed E-state index contributed by atoms with van der Waals surface area (Å²) in [6.45, 7) is 0. The Morgan fingerprint density at radius 2 is 0.727 bits per heavy atom. The van der Waals surface area contributed by atoms with Crippen molar-refractivity contribution >= 4 is 21.8 Å². The number of fused-ring (bicyclic) bond motifs is 2. The molecule has 0 N–H and O–H groups in total. The third-order valence-electron chi connectivity index (χ3n) is 8.11. The maximum atomic E-state index is 5.11. The lowest BCUT2D eigenvalue weighted by atomic mass is 9.91. The van der Waals surface area contributed by atoms with E-state index in [1.165, 1.54) is 0 Å². The molecule has 0 unspecified atom stereocenters. The van der Waals surface area contributed by atoms with Gasteiger partial charge in [-0.25, -0.2) is 4.98 Å². The highest BCUT2D eigenvalue weighted by Crippen LogP contribution is 2.37. The van der Waals surface area contributed by atoms with Crippen molar-refractivity contribution in [1.29, 1.82) is 0 Å². The minimum absolute atomic E-state index is 0.943. The molecular formula is C41H27N3. The van der Waals surface area contributed by atoms with Crippen molar-refractivity contribution in [2.75, 3.05) is 0 Å². The Balaban J connectivity index is 1.36. The first-order valence-electron chi connectivity index (χ1n) is 14.8. The van der Waals surface area contributed by atoms with Crippen LogP contribution in [0.25, 0.3) is 77.7 Å². The zero-order chi connectivity index (χ0) is 29.3. The topological polar surface area (TPSA) is 38.7 Å². The van der Waals surface area contributed by atoms with E-state index in [-0.39, 0.29) is 0 Å². The van der Waals surface area contributed by atoms with Crippen LogP contribution in [0.1, 0.15) is 0 Å². The zero-order valence-corrected chi connectivity index (χ0v) is 23.9. The molecule has 3 heterocycles. The van der Waals surface area contributed by atoms with Crippen molar-refractivity contribution in [3.8, 4) is 55.9 Å². The van der Waals surface area contributed by atoms with Crippen LogP contribution in [0, 0.1) is 0 Å². The fourth-order valence-corrected chi connectivity index (χ4v) is 5.83. The number of hydrogen-bond acceptors (Lipinski definition) is 3. The summed E-state index contributed by atoms with van der Waals surface area (Å²) in [6.07, 6.45) is 3.70. The van der Waals surface area contributed by atoms with E-state index in [2.05, 4.69) is 137 Å². The third kappa shape index (κ3) is 5.01. The van der Waals surface area contributed by atoms with Crippen LogP contribution in [0.3, 0.4) is 0 Å². The largest absolute Gasteiger partial charge is 0.256 e. The summed E-state index contributed by atoms with van der Waals surface area (Å²) in [5.41, 5.74) is 12.8. The van der Waals surface area contributed by atoms with Crippen LogP contribution < -0.4 is 0 Å². The molecule has 0 spiro atoms. The second-order valence-electron chi connectivity index (χ2n) is 11.0. The summed E-state index contributed by atoms with van der Waals surface area (Å²) in [5.74, 6) is 0. The number of rotatable bonds is 5. The van der Waals surface area contributed by atoms with Gasteiger partial charge in [0.1, 0.15) is 0 Å².